The molecule has 0 fully saturated rings. The molecule has 0 saturated heterocycles. The molecule has 0 spiro atoms. The Kier molecular flexibility index (Phi) is 5.55. The van der Waals surface area contributed by atoms with Gasteiger partial charge in [0.2, 0.25) is 0 Å². The van der Waals surface area contributed by atoms with Gasteiger partial charge < -0.3 is 9.30 Å². The second kappa shape index (κ2) is 7.69. The molecule has 1 amide bonds. The molecule has 0 N–H and O–H groups in total. The maximum Gasteiger partial charge on any atom is 0.325 e. The molecule has 0 aliphatic rings. The number of thiazole rings is 1. The molecule has 0 aliphatic carbocycles. The number of hydrogen-bond donors (Lipinski definition) is 0. The molecule has 1 heterocycles. The first-order valence-electron chi connectivity index (χ1n) is 7.29. The highest BCUT2D eigenvalue weighted by molar-refractivity contribution is 9.10. The maximum absolute atomic E-state index is 14.0. The Balaban J connectivity index is 2.19. The summed E-state index contributed by atoms with van der Waals surface area (Å²) in [6.45, 7) is -0.130. The van der Waals surface area contributed by atoms with E-state index in [-0.39, 0.29) is 21.9 Å². The number of ether oxygens (including phenoxy) is 1. The van der Waals surface area contributed by atoms with E-state index in [1.54, 1.807) is 10.6 Å². The number of amides is 1. The summed E-state index contributed by atoms with van der Waals surface area (Å²) in [5, 5.41) is -0.0258. The van der Waals surface area contributed by atoms with Crippen LogP contribution in [-0.2, 0) is 16.1 Å². The van der Waals surface area contributed by atoms with Crippen LogP contribution in [0.25, 0.3) is 10.2 Å². The van der Waals surface area contributed by atoms with E-state index in [4.69, 9.17) is 16.3 Å². The molecule has 3 rings (SSSR count). The van der Waals surface area contributed by atoms with Crippen molar-refractivity contribution in [2.75, 3.05) is 7.11 Å². The molecule has 3 aromatic rings. The third-order valence-electron chi connectivity index (χ3n) is 3.53. The first kappa shape index (κ1) is 18.8. The first-order chi connectivity index (χ1) is 12.4. The van der Waals surface area contributed by atoms with Gasteiger partial charge in [-0.1, -0.05) is 44.9 Å². The van der Waals surface area contributed by atoms with Crippen molar-refractivity contribution in [3.05, 3.63) is 62.1 Å². The van der Waals surface area contributed by atoms with Gasteiger partial charge in [-0.3, -0.25) is 9.59 Å². The first-order valence-corrected chi connectivity index (χ1v) is 9.28. The zero-order valence-corrected chi connectivity index (χ0v) is 16.5. The van der Waals surface area contributed by atoms with Crippen molar-refractivity contribution < 1.29 is 18.7 Å². The summed E-state index contributed by atoms with van der Waals surface area (Å²) in [5.41, 5.74) is 0.396. The lowest BCUT2D eigenvalue weighted by atomic mass is 10.2. The number of esters is 1. The van der Waals surface area contributed by atoms with Crippen molar-refractivity contribution in [3.63, 3.8) is 0 Å². The van der Waals surface area contributed by atoms with Crippen LogP contribution in [0.4, 0.5) is 4.39 Å². The quantitative estimate of drug-likeness (QED) is 0.555. The van der Waals surface area contributed by atoms with Gasteiger partial charge in [0.25, 0.3) is 5.91 Å². The fourth-order valence-corrected chi connectivity index (χ4v) is 4.15. The monoisotopic (exact) mass is 456 g/mol. The zero-order chi connectivity index (χ0) is 18.8. The molecule has 0 unspecified atom stereocenters. The fraction of sp³-hybridized carbons (Fsp3) is 0.118. The number of hydrogen-bond acceptors (Lipinski definition) is 4. The van der Waals surface area contributed by atoms with Crippen LogP contribution < -0.4 is 4.80 Å². The minimum atomic E-state index is -0.822. The van der Waals surface area contributed by atoms with Gasteiger partial charge in [0.15, 0.2) is 4.80 Å². The number of fused-ring (bicyclic) bond motifs is 1. The molecular formula is C17H11BrClFN2O3S. The summed E-state index contributed by atoms with van der Waals surface area (Å²) in [6.07, 6.45) is 0. The maximum atomic E-state index is 14.0. The van der Waals surface area contributed by atoms with Gasteiger partial charge in [0.05, 0.1) is 27.9 Å². The summed E-state index contributed by atoms with van der Waals surface area (Å²) in [4.78, 5) is 28.5. The van der Waals surface area contributed by atoms with Crippen LogP contribution in [0.5, 0.6) is 0 Å². The van der Waals surface area contributed by atoms with E-state index < -0.39 is 17.7 Å². The van der Waals surface area contributed by atoms with Crippen LogP contribution in [0.2, 0.25) is 5.02 Å². The third kappa shape index (κ3) is 3.72. The van der Waals surface area contributed by atoms with E-state index in [0.717, 1.165) is 15.2 Å². The van der Waals surface area contributed by atoms with Crippen molar-refractivity contribution in [1.82, 2.24) is 4.57 Å². The Bertz CT molecular complexity index is 1070. The molecule has 0 atom stereocenters. The van der Waals surface area contributed by atoms with E-state index in [0.29, 0.717) is 5.52 Å². The molecular weight excluding hydrogens is 447 g/mol. The van der Waals surface area contributed by atoms with Crippen molar-refractivity contribution in [2.45, 2.75) is 6.54 Å². The van der Waals surface area contributed by atoms with Gasteiger partial charge in [0, 0.05) is 4.47 Å². The average molecular weight is 458 g/mol. The molecule has 0 bridgehead atoms. The van der Waals surface area contributed by atoms with E-state index >= 15 is 0 Å². The molecule has 2 aromatic carbocycles. The van der Waals surface area contributed by atoms with E-state index in [1.807, 2.05) is 12.1 Å². The summed E-state index contributed by atoms with van der Waals surface area (Å²) in [6, 6.07) is 9.40. The fourth-order valence-electron chi connectivity index (χ4n) is 2.32. The Labute approximate surface area is 164 Å². The van der Waals surface area contributed by atoms with Crippen LogP contribution in [0.1, 0.15) is 10.4 Å². The van der Waals surface area contributed by atoms with Crippen molar-refractivity contribution in [1.29, 1.82) is 0 Å². The third-order valence-corrected chi connectivity index (χ3v) is 5.38. The standard InChI is InChI=1S/C17H11BrClFN2O3S/c1-25-14(23)8-22-12-6-5-9(18)7-13(12)26-17(22)21-16(24)15-10(19)3-2-4-11(15)20/h2-7H,8H2,1H3. The van der Waals surface area contributed by atoms with Gasteiger partial charge >= 0.3 is 5.97 Å². The predicted octanol–water partition coefficient (Wildman–Crippen LogP) is 4.17. The number of halogens is 3. The van der Waals surface area contributed by atoms with Gasteiger partial charge in [0.1, 0.15) is 12.4 Å². The number of benzene rings is 2. The molecule has 0 aliphatic heterocycles. The number of nitrogens with zero attached hydrogens (tertiary/aromatic N) is 2. The van der Waals surface area contributed by atoms with Crippen molar-refractivity contribution in [3.8, 4) is 0 Å². The average Bonchev–Trinajstić information content (AvgIpc) is 2.90. The molecule has 134 valence electrons. The highest BCUT2D eigenvalue weighted by atomic mass is 79.9. The Morgan fingerprint density at radius 1 is 1.35 bits per heavy atom. The lowest BCUT2D eigenvalue weighted by Gasteiger charge is -2.04. The van der Waals surface area contributed by atoms with Crippen LogP contribution in [0, 0.1) is 5.82 Å². The van der Waals surface area contributed by atoms with Gasteiger partial charge in [-0.15, -0.1) is 0 Å². The van der Waals surface area contributed by atoms with E-state index in [1.165, 1.54) is 30.6 Å². The van der Waals surface area contributed by atoms with Crippen LogP contribution in [0.3, 0.4) is 0 Å². The van der Waals surface area contributed by atoms with Crippen LogP contribution in [0.15, 0.2) is 45.9 Å². The largest absolute Gasteiger partial charge is 0.468 e. The number of carbonyl (C=O) groups is 2. The van der Waals surface area contributed by atoms with Gasteiger partial charge in [-0.05, 0) is 30.3 Å². The van der Waals surface area contributed by atoms with Crippen molar-refractivity contribution in [2.24, 2.45) is 4.99 Å². The SMILES string of the molecule is COC(=O)Cn1c(=NC(=O)c2c(F)cccc2Cl)sc2cc(Br)ccc21. The summed E-state index contributed by atoms with van der Waals surface area (Å²) < 4.78 is 21.9. The lowest BCUT2D eigenvalue weighted by Crippen LogP contribution is -2.22. The number of rotatable bonds is 3. The summed E-state index contributed by atoms with van der Waals surface area (Å²) in [7, 11) is 1.27. The summed E-state index contributed by atoms with van der Waals surface area (Å²) >= 11 is 10.5. The second-order valence-electron chi connectivity index (χ2n) is 5.17. The van der Waals surface area contributed by atoms with Crippen molar-refractivity contribution >= 4 is 61.0 Å². The molecule has 26 heavy (non-hydrogen) atoms. The van der Waals surface area contributed by atoms with Crippen LogP contribution >= 0.6 is 38.9 Å². The zero-order valence-electron chi connectivity index (χ0n) is 13.3. The highest BCUT2D eigenvalue weighted by Gasteiger charge is 2.17. The van der Waals surface area contributed by atoms with Gasteiger partial charge in [-0.25, -0.2) is 4.39 Å². The molecule has 0 saturated carbocycles. The smallest absolute Gasteiger partial charge is 0.325 e. The normalized spacial score (nSPS) is 11.8. The second-order valence-corrected chi connectivity index (χ2v) is 7.50. The van der Waals surface area contributed by atoms with E-state index in [2.05, 4.69) is 20.9 Å². The summed E-state index contributed by atoms with van der Waals surface area (Å²) in [5.74, 6) is -2.07. The Morgan fingerprint density at radius 2 is 2.12 bits per heavy atom. The highest BCUT2D eigenvalue weighted by Crippen LogP contribution is 2.23. The Morgan fingerprint density at radius 3 is 2.81 bits per heavy atom. The topological polar surface area (TPSA) is 60.7 Å². The number of carbonyl (C=O) groups excluding carboxylic acids is 2. The molecule has 0 radical (unpaired) electrons. The van der Waals surface area contributed by atoms with Gasteiger partial charge in [-0.2, -0.15) is 4.99 Å². The number of aromatic nitrogens is 1. The molecule has 5 nitrogen and oxygen atoms in total. The minimum Gasteiger partial charge on any atom is -0.468 e. The predicted molar refractivity (Wildman–Crippen MR) is 101 cm³/mol. The lowest BCUT2D eigenvalue weighted by molar-refractivity contribution is -0.141. The minimum absolute atomic E-state index is 0.0258. The van der Waals surface area contributed by atoms with E-state index in [9.17, 15) is 14.0 Å². The number of methoxy groups -OCH3 is 1. The Hall–Kier alpha value is -2.03. The molecule has 9 heteroatoms. The van der Waals surface area contributed by atoms with Crippen LogP contribution in [-0.4, -0.2) is 23.6 Å². The molecule has 1 aromatic heterocycles.